The zero-order chi connectivity index (χ0) is 19.3. The van der Waals surface area contributed by atoms with Crippen LogP contribution < -0.4 is 15.4 Å². The zero-order valence-electron chi connectivity index (χ0n) is 15.3. The van der Waals surface area contributed by atoms with Crippen LogP contribution >= 0.6 is 0 Å². The number of benzene rings is 2. The number of anilines is 1. The number of nitrogens with one attached hydrogen (secondary N) is 1. The Morgan fingerprint density at radius 1 is 1.12 bits per heavy atom. The first-order chi connectivity index (χ1) is 12.2. The molecule has 140 valence electrons. The molecule has 0 aliphatic carbocycles. The molecule has 3 N–H and O–H groups in total. The van der Waals surface area contributed by atoms with Gasteiger partial charge in [0.1, 0.15) is 0 Å². The van der Waals surface area contributed by atoms with Gasteiger partial charge in [-0.1, -0.05) is 24.3 Å². The van der Waals surface area contributed by atoms with Crippen LogP contribution in [0.1, 0.15) is 16.7 Å². The zero-order valence-corrected chi connectivity index (χ0v) is 16.1. The lowest BCUT2D eigenvalue weighted by Crippen LogP contribution is -2.36. The van der Waals surface area contributed by atoms with Crippen LogP contribution in [0.3, 0.4) is 0 Å². The number of rotatable bonds is 7. The second-order valence-corrected chi connectivity index (χ2v) is 8.00. The average Bonchev–Trinajstić information content (AvgIpc) is 2.56. The molecular formula is C19H25N3O3S. The number of likely N-dealkylation sites (N-methyl/N-ethyl adjacent to an activating group) is 1. The Kier molecular flexibility index (Phi) is 6.39. The van der Waals surface area contributed by atoms with Gasteiger partial charge in [0.05, 0.1) is 11.4 Å². The van der Waals surface area contributed by atoms with Gasteiger partial charge in [0, 0.05) is 19.3 Å². The highest BCUT2D eigenvalue weighted by molar-refractivity contribution is 7.89. The number of aryl methyl sites for hydroxylation is 2. The van der Waals surface area contributed by atoms with Gasteiger partial charge in [0.15, 0.2) is 0 Å². The van der Waals surface area contributed by atoms with E-state index in [0.29, 0.717) is 13.0 Å². The van der Waals surface area contributed by atoms with Crippen molar-refractivity contribution in [3.63, 3.8) is 0 Å². The summed E-state index contributed by atoms with van der Waals surface area (Å²) in [5, 5.41) is 7.96. The molecule has 2 rings (SSSR count). The van der Waals surface area contributed by atoms with Crippen LogP contribution in [0.25, 0.3) is 0 Å². The number of primary sulfonamides is 1. The Hall–Kier alpha value is -2.38. The summed E-state index contributed by atoms with van der Waals surface area (Å²) in [7, 11) is -1.78. The molecule has 0 saturated carbocycles. The molecule has 0 aliphatic rings. The molecule has 0 aliphatic heterocycles. The van der Waals surface area contributed by atoms with E-state index in [1.807, 2.05) is 37.9 Å². The van der Waals surface area contributed by atoms with Crippen molar-refractivity contribution in [1.82, 2.24) is 5.32 Å². The van der Waals surface area contributed by atoms with Gasteiger partial charge in [-0.05, 0) is 55.2 Å². The van der Waals surface area contributed by atoms with Crippen LogP contribution in [0.5, 0.6) is 0 Å². The SMILES string of the molecule is Cc1ccc(C)c(N(C)CC(=O)NCCc2ccc(S(N)(=O)=O)cc2)c1. The molecule has 2 aromatic rings. The second kappa shape index (κ2) is 8.33. The summed E-state index contributed by atoms with van der Waals surface area (Å²) in [6.07, 6.45) is 0.615. The lowest BCUT2D eigenvalue weighted by atomic mass is 10.1. The molecule has 0 spiro atoms. The van der Waals surface area contributed by atoms with Crippen molar-refractivity contribution in [2.75, 3.05) is 25.0 Å². The molecular weight excluding hydrogens is 350 g/mol. The summed E-state index contributed by atoms with van der Waals surface area (Å²) in [6, 6.07) is 12.5. The summed E-state index contributed by atoms with van der Waals surface area (Å²) < 4.78 is 22.5. The minimum Gasteiger partial charge on any atom is -0.365 e. The van der Waals surface area contributed by atoms with Crippen molar-refractivity contribution in [1.29, 1.82) is 0 Å². The van der Waals surface area contributed by atoms with Crippen LogP contribution in [0.15, 0.2) is 47.4 Å². The monoisotopic (exact) mass is 375 g/mol. The maximum Gasteiger partial charge on any atom is 0.239 e. The number of nitrogens with two attached hydrogens (primary N) is 1. The van der Waals surface area contributed by atoms with Crippen LogP contribution in [-0.4, -0.2) is 34.5 Å². The Labute approximate surface area is 155 Å². The first-order valence-corrected chi connectivity index (χ1v) is 9.88. The van der Waals surface area contributed by atoms with E-state index in [4.69, 9.17) is 5.14 Å². The Balaban J connectivity index is 1.84. The molecule has 0 radical (unpaired) electrons. The van der Waals surface area contributed by atoms with E-state index >= 15 is 0 Å². The van der Waals surface area contributed by atoms with Crippen molar-refractivity contribution in [3.8, 4) is 0 Å². The first kappa shape index (κ1) is 19.9. The van der Waals surface area contributed by atoms with Crippen molar-refractivity contribution >= 4 is 21.6 Å². The van der Waals surface area contributed by atoms with Crippen LogP contribution in [0.4, 0.5) is 5.69 Å². The minimum absolute atomic E-state index is 0.0606. The van der Waals surface area contributed by atoms with Gasteiger partial charge in [-0.15, -0.1) is 0 Å². The van der Waals surface area contributed by atoms with Crippen LogP contribution in [0.2, 0.25) is 0 Å². The number of carbonyl (C=O) groups is 1. The number of amides is 1. The predicted molar refractivity (Wildman–Crippen MR) is 104 cm³/mol. The van der Waals surface area contributed by atoms with Crippen molar-refractivity contribution in [2.45, 2.75) is 25.2 Å². The molecule has 0 atom stereocenters. The van der Waals surface area contributed by atoms with E-state index < -0.39 is 10.0 Å². The second-order valence-electron chi connectivity index (χ2n) is 6.43. The largest absolute Gasteiger partial charge is 0.365 e. The lowest BCUT2D eigenvalue weighted by molar-refractivity contribution is -0.119. The first-order valence-electron chi connectivity index (χ1n) is 8.33. The normalized spacial score (nSPS) is 11.2. The van der Waals surface area contributed by atoms with Crippen LogP contribution in [-0.2, 0) is 21.2 Å². The van der Waals surface area contributed by atoms with E-state index in [1.165, 1.54) is 12.1 Å². The Morgan fingerprint density at radius 3 is 2.38 bits per heavy atom. The number of hydrogen-bond acceptors (Lipinski definition) is 4. The van der Waals surface area contributed by atoms with E-state index in [0.717, 1.165) is 22.4 Å². The molecule has 7 heteroatoms. The Morgan fingerprint density at radius 2 is 1.77 bits per heavy atom. The molecule has 26 heavy (non-hydrogen) atoms. The molecule has 1 amide bonds. The lowest BCUT2D eigenvalue weighted by Gasteiger charge is -2.21. The van der Waals surface area contributed by atoms with Gasteiger partial charge >= 0.3 is 0 Å². The van der Waals surface area contributed by atoms with Gasteiger partial charge in [-0.3, -0.25) is 4.79 Å². The van der Waals surface area contributed by atoms with Gasteiger partial charge in [0.25, 0.3) is 0 Å². The van der Waals surface area contributed by atoms with Crippen molar-refractivity contribution in [3.05, 3.63) is 59.2 Å². The topological polar surface area (TPSA) is 92.5 Å². The molecule has 0 heterocycles. The maximum absolute atomic E-state index is 12.2. The van der Waals surface area contributed by atoms with Gasteiger partial charge in [0.2, 0.25) is 15.9 Å². The molecule has 0 saturated heterocycles. The molecule has 6 nitrogen and oxygen atoms in total. The smallest absolute Gasteiger partial charge is 0.239 e. The van der Waals surface area contributed by atoms with E-state index in [2.05, 4.69) is 11.4 Å². The third-order valence-corrected chi connectivity index (χ3v) is 5.07. The van der Waals surface area contributed by atoms with Crippen molar-refractivity contribution < 1.29 is 13.2 Å². The molecule has 0 bridgehead atoms. The predicted octanol–water partition coefficient (Wildman–Crippen LogP) is 1.75. The fourth-order valence-electron chi connectivity index (χ4n) is 2.68. The average molecular weight is 375 g/mol. The summed E-state index contributed by atoms with van der Waals surface area (Å²) in [5.41, 5.74) is 4.25. The highest BCUT2D eigenvalue weighted by atomic mass is 32.2. The number of carbonyl (C=O) groups excluding carboxylic acids is 1. The van der Waals surface area contributed by atoms with Gasteiger partial charge in [-0.25, -0.2) is 13.6 Å². The summed E-state index contributed by atoms with van der Waals surface area (Å²) in [6.45, 7) is 4.80. The molecule has 0 unspecified atom stereocenters. The fraction of sp³-hybridized carbons (Fsp3) is 0.316. The van der Waals surface area contributed by atoms with E-state index in [-0.39, 0.29) is 17.3 Å². The summed E-state index contributed by atoms with van der Waals surface area (Å²) >= 11 is 0. The third kappa shape index (κ3) is 5.57. The van der Waals surface area contributed by atoms with E-state index in [9.17, 15) is 13.2 Å². The number of nitrogens with zero attached hydrogens (tertiary/aromatic N) is 1. The highest BCUT2D eigenvalue weighted by Gasteiger charge is 2.10. The quantitative estimate of drug-likeness (QED) is 0.771. The highest BCUT2D eigenvalue weighted by Crippen LogP contribution is 2.19. The summed E-state index contributed by atoms with van der Waals surface area (Å²) in [4.78, 5) is 14.2. The molecule has 2 aromatic carbocycles. The van der Waals surface area contributed by atoms with Crippen LogP contribution in [0, 0.1) is 13.8 Å². The Bertz CT molecular complexity index is 877. The van der Waals surface area contributed by atoms with Gasteiger partial charge < -0.3 is 10.2 Å². The van der Waals surface area contributed by atoms with E-state index in [1.54, 1.807) is 12.1 Å². The minimum atomic E-state index is -3.68. The molecule has 0 aromatic heterocycles. The standard InChI is InChI=1S/C19H25N3O3S/c1-14-4-5-15(2)18(12-14)22(3)13-19(23)21-11-10-16-6-8-17(9-7-16)26(20,24)25/h4-9,12H,10-11,13H2,1-3H3,(H,21,23)(H2,20,24,25). The fourth-order valence-corrected chi connectivity index (χ4v) is 3.19. The molecule has 0 fully saturated rings. The maximum atomic E-state index is 12.2. The van der Waals surface area contributed by atoms with Crippen molar-refractivity contribution in [2.24, 2.45) is 5.14 Å². The number of sulfonamides is 1. The third-order valence-electron chi connectivity index (χ3n) is 4.14. The van der Waals surface area contributed by atoms with Gasteiger partial charge in [-0.2, -0.15) is 0 Å². The number of hydrogen-bond donors (Lipinski definition) is 2. The summed E-state index contributed by atoms with van der Waals surface area (Å²) in [5.74, 6) is -0.0606.